The zero-order chi connectivity index (χ0) is 15.2. The van der Waals surface area contributed by atoms with Gasteiger partial charge in [-0.3, -0.25) is 4.79 Å². The molecular formula is C17H18O4. The molecule has 21 heavy (non-hydrogen) atoms. The van der Waals surface area contributed by atoms with Gasteiger partial charge in [-0.1, -0.05) is 29.8 Å². The average molecular weight is 286 g/mol. The number of aryl methyl sites for hydroxylation is 1. The third-order valence-corrected chi connectivity index (χ3v) is 3.25. The third kappa shape index (κ3) is 3.99. The molecule has 0 radical (unpaired) electrons. The van der Waals surface area contributed by atoms with E-state index in [0.29, 0.717) is 17.1 Å². The number of carbonyl (C=O) groups is 1. The molecule has 0 saturated carbocycles. The molecule has 2 aromatic rings. The molecule has 4 heteroatoms. The van der Waals surface area contributed by atoms with Gasteiger partial charge in [-0.25, -0.2) is 0 Å². The molecule has 0 heterocycles. The lowest BCUT2D eigenvalue weighted by Crippen LogP contribution is -2.19. The molecule has 0 fully saturated rings. The van der Waals surface area contributed by atoms with Crippen molar-refractivity contribution >= 4 is 5.97 Å². The molecule has 0 saturated heterocycles. The average Bonchev–Trinajstić information content (AvgIpc) is 2.49. The first-order valence-corrected chi connectivity index (χ1v) is 6.66. The number of benzene rings is 2. The van der Waals surface area contributed by atoms with Crippen LogP contribution in [0.15, 0.2) is 48.5 Å². The van der Waals surface area contributed by atoms with Gasteiger partial charge in [0.2, 0.25) is 0 Å². The van der Waals surface area contributed by atoms with Crippen LogP contribution in [0.5, 0.6) is 11.5 Å². The number of methoxy groups -OCH3 is 1. The monoisotopic (exact) mass is 286 g/mol. The summed E-state index contributed by atoms with van der Waals surface area (Å²) < 4.78 is 10.7. The third-order valence-electron chi connectivity index (χ3n) is 3.25. The second-order valence-electron chi connectivity index (χ2n) is 4.79. The van der Waals surface area contributed by atoms with Gasteiger partial charge in [0.15, 0.2) is 0 Å². The summed E-state index contributed by atoms with van der Waals surface area (Å²) in [5.41, 5.74) is 1.82. The molecular weight excluding hydrogens is 268 g/mol. The molecule has 2 rings (SSSR count). The molecule has 0 aromatic heterocycles. The Balaban J connectivity index is 2.08. The van der Waals surface area contributed by atoms with E-state index in [1.807, 2.05) is 31.2 Å². The summed E-state index contributed by atoms with van der Waals surface area (Å²) in [6, 6.07) is 14.5. The number of carboxylic acid groups (broad SMARTS) is 1. The van der Waals surface area contributed by atoms with Crippen molar-refractivity contribution in [2.24, 2.45) is 0 Å². The number of ether oxygens (including phenoxy) is 2. The fraction of sp³-hybridized carbons (Fsp3) is 0.235. The van der Waals surface area contributed by atoms with Crippen molar-refractivity contribution in [2.75, 3.05) is 13.7 Å². The van der Waals surface area contributed by atoms with E-state index in [1.165, 1.54) is 0 Å². The highest BCUT2D eigenvalue weighted by Gasteiger charge is 2.20. The lowest BCUT2D eigenvalue weighted by molar-refractivity contribution is -0.139. The molecule has 1 N–H and O–H groups in total. The van der Waals surface area contributed by atoms with E-state index in [0.717, 1.165) is 5.56 Å². The number of hydrogen-bond acceptors (Lipinski definition) is 3. The molecule has 0 bridgehead atoms. The van der Waals surface area contributed by atoms with Gasteiger partial charge in [0, 0.05) is 0 Å². The van der Waals surface area contributed by atoms with Crippen molar-refractivity contribution in [2.45, 2.75) is 12.8 Å². The largest absolute Gasteiger partial charge is 0.497 e. The fourth-order valence-electron chi connectivity index (χ4n) is 1.96. The smallest absolute Gasteiger partial charge is 0.314 e. The van der Waals surface area contributed by atoms with Gasteiger partial charge >= 0.3 is 5.97 Å². The van der Waals surface area contributed by atoms with Crippen molar-refractivity contribution in [1.82, 2.24) is 0 Å². The minimum atomic E-state index is -0.910. The van der Waals surface area contributed by atoms with Crippen LogP contribution in [0, 0.1) is 6.92 Å². The summed E-state index contributed by atoms with van der Waals surface area (Å²) in [7, 11) is 1.57. The maximum atomic E-state index is 11.4. The number of carboxylic acids is 1. The van der Waals surface area contributed by atoms with Gasteiger partial charge in [0.1, 0.15) is 24.0 Å². The second-order valence-corrected chi connectivity index (χ2v) is 4.79. The van der Waals surface area contributed by atoms with Crippen LogP contribution in [-0.2, 0) is 4.79 Å². The summed E-state index contributed by atoms with van der Waals surface area (Å²) in [5, 5.41) is 9.36. The topological polar surface area (TPSA) is 55.8 Å². The highest BCUT2D eigenvalue weighted by molar-refractivity contribution is 5.76. The highest BCUT2D eigenvalue weighted by Crippen LogP contribution is 2.21. The Hall–Kier alpha value is -2.49. The molecule has 1 unspecified atom stereocenters. The van der Waals surface area contributed by atoms with E-state index in [4.69, 9.17) is 9.47 Å². The van der Waals surface area contributed by atoms with E-state index in [-0.39, 0.29) is 6.61 Å². The molecule has 0 spiro atoms. The van der Waals surface area contributed by atoms with Crippen molar-refractivity contribution in [1.29, 1.82) is 0 Å². The maximum Gasteiger partial charge on any atom is 0.314 e. The summed E-state index contributed by atoms with van der Waals surface area (Å²) in [4.78, 5) is 11.4. The lowest BCUT2D eigenvalue weighted by atomic mass is 10.0. The highest BCUT2D eigenvalue weighted by atomic mass is 16.5. The minimum absolute atomic E-state index is 0.0880. The van der Waals surface area contributed by atoms with Crippen LogP contribution in [0.25, 0.3) is 0 Å². The predicted octanol–water partition coefficient (Wildman–Crippen LogP) is 3.25. The normalized spacial score (nSPS) is 11.7. The van der Waals surface area contributed by atoms with E-state index in [9.17, 15) is 9.90 Å². The van der Waals surface area contributed by atoms with Crippen LogP contribution >= 0.6 is 0 Å². The molecule has 0 aliphatic heterocycles. The second kappa shape index (κ2) is 6.79. The number of aliphatic carboxylic acids is 1. The standard InChI is InChI=1S/C17H18O4/c1-12-3-7-15(8-4-12)21-11-16(17(18)19)13-5-9-14(20-2)10-6-13/h3-10,16H,11H2,1-2H3,(H,18,19). The first kappa shape index (κ1) is 14.9. The van der Waals surface area contributed by atoms with Gasteiger partial charge in [-0.05, 0) is 36.8 Å². The van der Waals surface area contributed by atoms with Crippen molar-refractivity contribution in [3.05, 3.63) is 59.7 Å². The van der Waals surface area contributed by atoms with Crippen LogP contribution < -0.4 is 9.47 Å². The summed E-state index contributed by atoms with van der Waals surface area (Å²) in [6.07, 6.45) is 0. The van der Waals surface area contributed by atoms with Crippen LogP contribution in [0.3, 0.4) is 0 Å². The zero-order valence-corrected chi connectivity index (χ0v) is 12.1. The Morgan fingerprint density at radius 1 is 1.05 bits per heavy atom. The quantitative estimate of drug-likeness (QED) is 0.885. The molecule has 0 aliphatic rings. The maximum absolute atomic E-state index is 11.4. The Kier molecular flexibility index (Phi) is 4.82. The first-order chi connectivity index (χ1) is 10.1. The Morgan fingerprint density at radius 2 is 1.62 bits per heavy atom. The lowest BCUT2D eigenvalue weighted by Gasteiger charge is -2.14. The summed E-state index contributed by atoms with van der Waals surface area (Å²) >= 11 is 0. The Morgan fingerprint density at radius 3 is 2.14 bits per heavy atom. The molecule has 4 nitrogen and oxygen atoms in total. The Bertz CT molecular complexity index is 587. The SMILES string of the molecule is COc1ccc(C(COc2ccc(C)cc2)C(=O)O)cc1. The molecule has 1 atom stereocenters. The van der Waals surface area contributed by atoms with Gasteiger partial charge in [0.05, 0.1) is 7.11 Å². The molecule has 2 aromatic carbocycles. The zero-order valence-electron chi connectivity index (χ0n) is 12.1. The molecule has 110 valence electrons. The van der Waals surface area contributed by atoms with Crippen molar-refractivity contribution in [3.8, 4) is 11.5 Å². The molecule has 0 aliphatic carbocycles. The van der Waals surface area contributed by atoms with Crippen LogP contribution in [0.2, 0.25) is 0 Å². The van der Waals surface area contributed by atoms with E-state index in [1.54, 1.807) is 31.4 Å². The first-order valence-electron chi connectivity index (χ1n) is 6.66. The van der Waals surface area contributed by atoms with Crippen LogP contribution in [-0.4, -0.2) is 24.8 Å². The van der Waals surface area contributed by atoms with Crippen LogP contribution in [0.4, 0.5) is 0 Å². The van der Waals surface area contributed by atoms with E-state index >= 15 is 0 Å². The fourth-order valence-corrected chi connectivity index (χ4v) is 1.96. The van der Waals surface area contributed by atoms with Crippen molar-refractivity contribution in [3.63, 3.8) is 0 Å². The summed E-state index contributed by atoms with van der Waals surface area (Å²) in [5.74, 6) is -0.257. The van der Waals surface area contributed by atoms with Crippen molar-refractivity contribution < 1.29 is 19.4 Å². The van der Waals surface area contributed by atoms with Gasteiger partial charge in [-0.2, -0.15) is 0 Å². The minimum Gasteiger partial charge on any atom is -0.497 e. The van der Waals surface area contributed by atoms with E-state index < -0.39 is 11.9 Å². The predicted molar refractivity (Wildman–Crippen MR) is 80.0 cm³/mol. The number of rotatable bonds is 6. The van der Waals surface area contributed by atoms with Gasteiger partial charge in [-0.15, -0.1) is 0 Å². The number of hydrogen-bond donors (Lipinski definition) is 1. The molecule has 0 amide bonds. The van der Waals surface area contributed by atoms with Gasteiger partial charge in [0.25, 0.3) is 0 Å². The summed E-state index contributed by atoms with van der Waals surface area (Å²) in [6.45, 7) is 2.08. The van der Waals surface area contributed by atoms with Gasteiger partial charge < -0.3 is 14.6 Å². The van der Waals surface area contributed by atoms with Crippen LogP contribution in [0.1, 0.15) is 17.0 Å². The van der Waals surface area contributed by atoms with E-state index in [2.05, 4.69) is 0 Å². The Labute approximate surface area is 123 Å².